The fourth-order valence-corrected chi connectivity index (χ4v) is 1.59. The van der Waals surface area contributed by atoms with Gasteiger partial charge in [-0.25, -0.2) is 4.79 Å². The quantitative estimate of drug-likeness (QED) is 0.779. The van der Waals surface area contributed by atoms with E-state index in [4.69, 9.17) is 16.3 Å². The molecule has 1 aromatic carbocycles. The van der Waals surface area contributed by atoms with Crippen LogP contribution in [0.4, 0.5) is 0 Å². The Balaban J connectivity index is 2.17. The summed E-state index contributed by atoms with van der Waals surface area (Å²) in [5.74, 6) is -0.586. The lowest BCUT2D eigenvalue weighted by molar-refractivity contribution is -0.143. The van der Waals surface area contributed by atoms with Crippen molar-refractivity contribution in [3.05, 3.63) is 47.0 Å². The van der Waals surface area contributed by atoms with Gasteiger partial charge in [0.1, 0.15) is 11.1 Å². The number of ether oxygens (including phenoxy) is 1. The van der Waals surface area contributed by atoms with Crippen molar-refractivity contribution in [2.45, 2.75) is 12.2 Å². The first-order valence-corrected chi connectivity index (χ1v) is 4.87. The Morgan fingerprint density at radius 1 is 1.33 bits per heavy atom. The first-order valence-electron chi connectivity index (χ1n) is 4.50. The Labute approximate surface area is 91.9 Å². The molecule has 0 amide bonds. The van der Waals surface area contributed by atoms with Crippen LogP contribution in [0.3, 0.4) is 0 Å². The summed E-state index contributed by atoms with van der Waals surface area (Å²) in [6.07, 6.45) is -0.138. The fraction of sp³-hybridized carbons (Fsp3) is 0.182. The van der Waals surface area contributed by atoms with Crippen LogP contribution >= 0.6 is 11.6 Å². The van der Waals surface area contributed by atoms with E-state index in [0.29, 0.717) is 5.56 Å². The second-order valence-electron chi connectivity index (χ2n) is 3.24. The summed E-state index contributed by atoms with van der Waals surface area (Å²) in [5, 5.41) is 9.90. The maximum absolute atomic E-state index is 11.0. The summed E-state index contributed by atoms with van der Waals surface area (Å²) >= 11 is 5.56. The Hall–Kier alpha value is -1.32. The van der Waals surface area contributed by atoms with Crippen molar-refractivity contribution in [3.63, 3.8) is 0 Å². The minimum Gasteiger partial charge on any atom is -0.451 e. The molecular weight excluding hydrogens is 216 g/mol. The van der Waals surface area contributed by atoms with Crippen LogP contribution in [0.1, 0.15) is 11.7 Å². The number of cyclic esters (lactones) is 1. The Morgan fingerprint density at radius 3 is 2.53 bits per heavy atom. The van der Waals surface area contributed by atoms with Crippen molar-refractivity contribution in [2.24, 2.45) is 0 Å². The molecule has 0 bridgehead atoms. The number of aliphatic hydroxyl groups excluding tert-OH is 1. The Bertz CT molecular complexity index is 400. The van der Waals surface area contributed by atoms with Gasteiger partial charge in [0.15, 0.2) is 6.10 Å². The van der Waals surface area contributed by atoms with Gasteiger partial charge in [-0.3, -0.25) is 0 Å². The molecular formula is C11H9ClO3. The number of benzene rings is 1. The molecule has 1 N–H and O–H groups in total. The van der Waals surface area contributed by atoms with Crippen LogP contribution in [0, 0.1) is 0 Å². The number of esters is 1. The predicted molar refractivity (Wildman–Crippen MR) is 55.2 cm³/mol. The fourth-order valence-electron chi connectivity index (χ4n) is 1.42. The highest BCUT2D eigenvalue weighted by Crippen LogP contribution is 2.27. The summed E-state index contributed by atoms with van der Waals surface area (Å²) in [5.41, 5.74) is 0.693. The van der Waals surface area contributed by atoms with Crippen LogP contribution in [-0.2, 0) is 9.53 Å². The average molecular weight is 225 g/mol. The van der Waals surface area contributed by atoms with Gasteiger partial charge < -0.3 is 9.84 Å². The smallest absolute Gasteiger partial charge is 0.350 e. The highest BCUT2D eigenvalue weighted by atomic mass is 35.5. The molecule has 0 unspecified atom stereocenters. The number of carbonyl (C=O) groups is 1. The largest absolute Gasteiger partial charge is 0.451 e. The lowest BCUT2D eigenvalue weighted by Crippen LogP contribution is -2.18. The molecule has 0 aromatic heterocycles. The molecule has 3 nitrogen and oxygen atoms in total. The minimum atomic E-state index is -0.869. The normalized spacial score (nSPS) is 22.1. The first kappa shape index (κ1) is 10.2. The monoisotopic (exact) mass is 224 g/mol. The summed E-state index contributed by atoms with van der Waals surface area (Å²) in [6, 6.07) is 8.98. The van der Waals surface area contributed by atoms with Crippen LogP contribution < -0.4 is 0 Å². The van der Waals surface area contributed by atoms with E-state index < -0.39 is 18.2 Å². The highest BCUT2D eigenvalue weighted by Gasteiger charge is 2.30. The van der Waals surface area contributed by atoms with E-state index in [-0.39, 0.29) is 5.03 Å². The molecule has 1 aliphatic rings. The van der Waals surface area contributed by atoms with Gasteiger partial charge in [0.25, 0.3) is 0 Å². The van der Waals surface area contributed by atoms with Crippen molar-refractivity contribution in [1.29, 1.82) is 0 Å². The molecule has 0 saturated carbocycles. The van der Waals surface area contributed by atoms with E-state index >= 15 is 0 Å². The number of hydrogen-bond donors (Lipinski definition) is 1. The third kappa shape index (κ3) is 2.03. The Morgan fingerprint density at radius 2 is 2.00 bits per heavy atom. The maximum Gasteiger partial charge on any atom is 0.350 e. The van der Waals surface area contributed by atoms with E-state index in [1.807, 2.05) is 6.07 Å². The number of hydrogen-bond acceptors (Lipinski definition) is 3. The molecule has 1 heterocycles. The summed E-state index contributed by atoms with van der Waals surface area (Å²) in [6.45, 7) is 0. The molecule has 4 heteroatoms. The topological polar surface area (TPSA) is 46.5 Å². The van der Waals surface area contributed by atoms with Crippen molar-refractivity contribution < 1.29 is 14.6 Å². The van der Waals surface area contributed by atoms with E-state index in [1.54, 1.807) is 24.3 Å². The third-order valence-corrected chi connectivity index (χ3v) is 2.48. The molecule has 1 aromatic rings. The van der Waals surface area contributed by atoms with Crippen LogP contribution in [0.15, 0.2) is 41.4 Å². The number of halogens is 1. The van der Waals surface area contributed by atoms with Gasteiger partial charge >= 0.3 is 5.97 Å². The summed E-state index contributed by atoms with van der Waals surface area (Å²) in [7, 11) is 0. The van der Waals surface area contributed by atoms with Crippen molar-refractivity contribution in [2.75, 3.05) is 0 Å². The third-order valence-electron chi connectivity index (χ3n) is 2.20. The lowest BCUT2D eigenvalue weighted by Gasteiger charge is -2.15. The standard InChI is InChI=1S/C11H9ClO3/c12-8-6-9(15-11(8)14)10(13)7-4-2-1-3-5-7/h1-6,9-10,13H/t9-,10+/m0/s1. The molecule has 2 atom stereocenters. The van der Waals surface area contributed by atoms with Crippen molar-refractivity contribution in [3.8, 4) is 0 Å². The maximum atomic E-state index is 11.0. The van der Waals surface area contributed by atoms with Gasteiger partial charge in [-0.1, -0.05) is 41.9 Å². The molecule has 0 spiro atoms. The summed E-state index contributed by atoms with van der Waals surface area (Å²) < 4.78 is 4.88. The highest BCUT2D eigenvalue weighted by molar-refractivity contribution is 6.41. The molecule has 0 saturated heterocycles. The lowest BCUT2D eigenvalue weighted by atomic mass is 10.1. The molecule has 1 aliphatic heterocycles. The first-order chi connectivity index (χ1) is 7.18. The van der Waals surface area contributed by atoms with E-state index in [1.165, 1.54) is 6.08 Å². The van der Waals surface area contributed by atoms with E-state index in [2.05, 4.69) is 0 Å². The average Bonchev–Trinajstić information content (AvgIpc) is 2.59. The number of aliphatic hydroxyl groups is 1. The van der Waals surface area contributed by atoms with Crippen molar-refractivity contribution >= 4 is 17.6 Å². The number of rotatable bonds is 2. The Kier molecular flexibility index (Phi) is 2.75. The van der Waals surface area contributed by atoms with Gasteiger partial charge in [-0.15, -0.1) is 0 Å². The van der Waals surface area contributed by atoms with Crippen LogP contribution in [0.5, 0.6) is 0 Å². The zero-order valence-electron chi connectivity index (χ0n) is 7.76. The SMILES string of the molecule is O=C1O[C@H]([C@H](O)c2ccccc2)C=C1Cl. The molecule has 78 valence electrons. The predicted octanol–water partition coefficient (Wildman–Crippen LogP) is 1.77. The van der Waals surface area contributed by atoms with Gasteiger partial charge in [0.2, 0.25) is 0 Å². The van der Waals surface area contributed by atoms with E-state index in [9.17, 15) is 9.90 Å². The van der Waals surface area contributed by atoms with Gasteiger partial charge in [-0.05, 0) is 11.6 Å². The van der Waals surface area contributed by atoms with Gasteiger partial charge in [-0.2, -0.15) is 0 Å². The van der Waals surface area contributed by atoms with Gasteiger partial charge in [0.05, 0.1) is 0 Å². The zero-order chi connectivity index (χ0) is 10.8. The molecule has 2 rings (SSSR count). The molecule has 0 aliphatic carbocycles. The number of carbonyl (C=O) groups excluding carboxylic acids is 1. The molecule has 0 fully saturated rings. The van der Waals surface area contributed by atoms with Crippen LogP contribution in [-0.4, -0.2) is 17.2 Å². The zero-order valence-corrected chi connectivity index (χ0v) is 8.52. The van der Waals surface area contributed by atoms with Crippen molar-refractivity contribution in [1.82, 2.24) is 0 Å². The van der Waals surface area contributed by atoms with Crippen LogP contribution in [0.2, 0.25) is 0 Å². The molecule has 0 radical (unpaired) electrons. The van der Waals surface area contributed by atoms with Crippen LogP contribution in [0.25, 0.3) is 0 Å². The van der Waals surface area contributed by atoms with E-state index in [0.717, 1.165) is 0 Å². The minimum absolute atomic E-state index is 0.0231. The molecule has 15 heavy (non-hydrogen) atoms. The summed E-state index contributed by atoms with van der Waals surface area (Å²) in [4.78, 5) is 11.0. The van der Waals surface area contributed by atoms with Gasteiger partial charge in [0, 0.05) is 0 Å². The second kappa shape index (κ2) is 4.04. The second-order valence-corrected chi connectivity index (χ2v) is 3.65.